The zero-order valence-corrected chi connectivity index (χ0v) is 12.7. The van der Waals surface area contributed by atoms with Gasteiger partial charge >= 0.3 is 0 Å². The van der Waals surface area contributed by atoms with Crippen molar-refractivity contribution < 1.29 is 13.2 Å². The maximum atomic E-state index is 11.2. The molecule has 0 aliphatic carbocycles. The molecule has 0 radical (unpaired) electrons. The van der Waals surface area contributed by atoms with Gasteiger partial charge in [0.25, 0.3) is 0 Å². The van der Waals surface area contributed by atoms with Crippen molar-refractivity contribution >= 4 is 15.7 Å². The molecule has 0 amide bonds. The first-order valence-corrected chi connectivity index (χ1v) is 8.18. The molecule has 0 aliphatic rings. The highest BCUT2D eigenvalue weighted by Gasteiger charge is 2.08. The van der Waals surface area contributed by atoms with Crippen molar-refractivity contribution in [3.05, 3.63) is 35.7 Å². The Hall–Kier alpha value is -2.00. The molecule has 1 N–H and O–H groups in total. The molecule has 1 heterocycles. The normalized spacial score (nSPS) is 11.5. The van der Waals surface area contributed by atoms with E-state index in [1.165, 1.54) is 0 Å². The van der Waals surface area contributed by atoms with Crippen molar-refractivity contribution in [2.75, 3.05) is 24.7 Å². The smallest absolute Gasteiger partial charge is 0.229 e. The number of nitrogens with zero attached hydrogens (tertiary/aromatic N) is 4. The van der Waals surface area contributed by atoms with Gasteiger partial charge in [-0.25, -0.2) is 13.1 Å². The molecule has 0 atom stereocenters. The van der Waals surface area contributed by atoms with Crippen LogP contribution in [0.25, 0.3) is 0 Å². The second-order valence-corrected chi connectivity index (χ2v) is 6.32. The Morgan fingerprint density at radius 3 is 2.90 bits per heavy atom. The van der Waals surface area contributed by atoms with E-state index in [2.05, 4.69) is 20.2 Å². The highest BCUT2D eigenvalue weighted by atomic mass is 32.2. The average molecular weight is 311 g/mol. The third-order valence-corrected chi connectivity index (χ3v) is 3.30. The molecule has 0 aliphatic heterocycles. The second-order valence-electron chi connectivity index (χ2n) is 4.57. The predicted octanol–water partition coefficient (Wildman–Crippen LogP) is 0.282. The first-order valence-electron chi connectivity index (χ1n) is 6.28. The fourth-order valence-corrected chi connectivity index (χ4v) is 2.39. The fourth-order valence-electron chi connectivity index (χ4n) is 1.84. The van der Waals surface area contributed by atoms with Crippen molar-refractivity contribution in [1.29, 1.82) is 0 Å². The van der Waals surface area contributed by atoms with Crippen LogP contribution < -0.4 is 4.72 Å². The number of aromatic nitrogens is 4. The van der Waals surface area contributed by atoms with Crippen LogP contribution in [0.5, 0.6) is 0 Å². The summed E-state index contributed by atoms with van der Waals surface area (Å²) in [7, 11) is -1.67. The number of rotatable bonds is 7. The van der Waals surface area contributed by atoms with E-state index >= 15 is 0 Å². The molecule has 0 bridgehead atoms. The zero-order valence-electron chi connectivity index (χ0n) is 11.9. The maximum Gasteiger partial charge on any atom is 0.229 e. The molecule has 0 saturated heterocycles. The molecule has 2 rings (SSSR count). The molecule has 21 heavy (non-hydrogen) atoms. The number of nitrogens with one attached hydrogen (secondary N) is 1. The van der Waals surface area contributed by atoms with Crippen LogP contribution in [0.15, 0.2) is 24.3 Å². The van der Waals surface area contributed by atoms with E-state index in [0.29, 0.717) is 25.3 Å². The molecule has 9 heteroatoms. The molecule has 1 aromatic heterocycles. The van der Waals surface area contributed by atoms with Crippen LogP contribution in [-0.4, -0.2) is 48.6 Å². The summed E-state index contributed by atoms with van der Waals surface area (Å²) in [6, 6.07) is 7.11. The molecule has 0 spiro atoms. The summed E-state index contributed by atoms with van der Waals surface area (Å²) in [5.41, 5.74) is 1.41. The number of ether oxygens (including phenoxy) is 1. The third kappa shape index (κ3) is 4.80. The van der Waals surface area contributed by atoms with E-state index in [-0.39, 0.29) is 0 Å². The van der Waals surface area contributed by atoms with Crippen molar-refractivity contribution in [3.8, 4) is 0 Å². The Morgan fingerprint density at radius 1 is 1.38 bits per heavy atom. The van der Waals surface area contributed by atoms with E-state index in [1.54, 1.807) is 30.0 Å². The quantitative estimate of drug-likeness (QED) is 0.788. The van der Waals surface area contributed by atoms with Gasteiger partial charge in [0.15, 0.2) is 5.82 Å². The van der Waals surface area contributed by atoms with E-state index < -0.39 is 10.0 Å². The predicted molar refractivity (Wildman–Crippen MR) is 77.4 cm³/mol. The summed E-state index contributed by atoms with van der Waals surface area (Å²) >= 11 is 0. The first kappa shape index (κ1) is 15.4. The highest BCUT2D eigenvalue weighted by molar-refractivity contribution is 7.92. The van der Waals surface area contributed by atoms with Crippen LogP contribution in [-0.2, 0) is 27.7 Å². The number of methoxy groups -OCH3 is 1. The lowest BCUT2D eigenvalue weighted by Crippen LogP contribution is -2.11. The van der Waals surface area contributed by atoms with Gasteiger partial charge in [0.2, 0.25) is 10.0 Å². The van der Waals surface area contributed by atoms with E-state index in [0.717, 1.165) is 17.6 Å². The number of tetrazole rings is 1. The van der Waals surface area contributed by atoms with Gasteiger partial charge in [-0.05, 0) is 28.1 Å². The summed E-state index contributed by atoms with van der Waals surface area (Å²) in [6.07, 6.45) is 1.73. The molecule has 8 nitrogen and oxygen atoms in total. The minimum absolute atomic E-state index is 0.464. The van der Waals surface area contributed by atoms with E-state index in [4.69, 9.17) is 4.74 Å². The van der Waals surface area contributed by atoms with Gasteiger partial charge in [-0.2, -0.15) is 0 Å². The number of anilines is 1. The van der Waals surface area contributed by atoms with Gasteiger partial charge in [-0.1, -0.05) is 12.1 Å². The molecule has 2 aromatic rings. The van der Waals surface area contributed by atoms with Gasteiger partial charge in [-0.15, -0.1) is 5.10 Å². The topological polar surface area (TPSA) is 99.0 Å². The Labute approximate surface area is 123 Å². The monoisotopic (exact) mass is 311 g/mol. The minimum Gasteiger partial charge on any atom is -0.384 e. The van der Waals surface area contributed by atoms with Crippen molar-refractivity contribution in [2.45, 2.75) is 13.0 Å². The fraction of sp³-hybridized carbons (Fsp3) is 0.417. The number of hydrogen-bond acceptors (Lipinski definition) is 6. The van der Waals surface area contributed by atoms with Crippen LogP contribution in [0.3, 0.4) is 0 Å². The summed E-state index contributed by atoms with van der Waals surface area (Å²) in [4.78, 5) is 0. The largest absolute Gasteiger partial charge is 0.384 e. The molecule has 0 fully saturated rings. The third-order valence-electron chi connectivity index (χ3n) is 2.70. The lowest BCUT2D eigenvalue weighted by Gasteiger charge is -2.08. The van der Waals surface area contributed by atoms with Crippen LogP contribution in [0, 0.1) is 0 Å². The average Bonchev–Trinajstić information content (AvgIpc) is 2.82. The summed E-state index contributed by atoms with van der Waals surface area (Å²) in [5.74, 6) is 0.721. The number of hydrogen-bond donors (Lipinski definition) is 1. The van der Waals surface area contributed by atoms with Crippen LogP contribution in [0.1, 0.15) is 11.4 Å². The Kier molecular flexibility index (Phi) is 4.86. The first-order chi connectivity index (χ1) is 9.98. The standard InChI is InChI=1S/C12H17N5O3S/c1-20-7-6-12-13-15-16-17(12)9-10-4-3-5-11(8-10)14-21(2,18)19/h3-5,8,14H,6-7,9H2,1-2H3. The molecule has 114 valence electrons. The molecule has 1 aromatic carbocycles. The van der Waals surface area contributed by atoms with E-state index in [9.17, 15) is 8.42 Å². The van der Waals surface area contributed by atoms with Crippen molar-refractivity contribution in [3.63, 3.8) is 0 Å². The summed E-state index contributed by atoms with van der Waals surface area (Å²) < 4.78 is 31.6. The van der Waals surface area contributed by atoms with Gasteiger partial charge in [0.1, 0.15) is 0 Å². The van der Waals surface area contributed by atoms with Crippen LogP contribution in [0.4, 0.5) is 5.69 Å². The van der Waals surface area contributed by atoms with Gasteiger partial charge in [0, 0.05) is 19.2 Å². The van der Waals surface area contributed by atoms with Crippen molar-refractivity contribution in [2.24, 2.45) is 0 Å². The Bertz CT molecular complexity index is 698. The van der Waals surface area contributed by atoms with Crippen LogP contribution in [0.2, 0.25) is 0 Å². The van der Waals surface area contributed by atoms with E-state index in [1.807, 2.05) is 6.07 Å². The minimum atomic E-state index is -3.29. The molecule has 0 unspecified atom stereocenters. The lowest BCUT2D eigenvalue weighted by atomic mass is 10.2. The summed E-state index contributed by atoms with van der Waals surface area (Å²) in [6.45, 7) is 1.00. The van der Waals surface area contributed by atoms with Gasteiger partial charge in [-0.3, -0.25) is 4.72 Å². The molecule has 0 saturated carbocycles. The lowest BCUT2D eigenvalue weighted by molar-refractivity contribution is 0.199. The second kappa shape index (κ2) is 6.64. The number of sulfonamides is 1. The highest BCUT2D eigenvalue weighted by Crippen LogP contribution is 2.13. The maximum absolute atomic E-state index is 11.2. The number of benzene rings is 1. The summed E-state index contributed by atoms with van der Waals surface area (Å²) in [5, 5.41) is 11.5. The Balaban J connectivity index is 2.13. The molecular formula is C12H17N5O3S. The molecular weight excluding hydrogens is 294 g/mol. The SMILES string of the molecule is COCCc1nnnn1Cc1cccc(NS(C)(=O)=O)c1. The van der Waals surface area contributed by atoms with Gasteiger partial charge in [0.05, 0.1) is 19.4 Å². The zero-order chi connectivity index (χ0) is 15.3. The van der Waals surface area contributed by atoms with Crippen molar-refractivity contribution in [1.82, 2.24) is 20.2 Å². The van der Waals surface area contributed by atoms with Gasteiger partial charge < -0.3 is 4.74 Å². The van der Waals surface area contributed by atoms with Crippen LogP contribution >= 0.6 is 0 Å². The Morgan fingerprint density at radius 2 is 2.19 bits per heavy atom.